The molecule has 0 saturated heterocycles. The normalized spacial score (nSPS) is 11.3. The minimum Gasteiger partial charge on any atom is -0.355 e. The zero-order chi connectivity index (χ0) is 23.9. The van der Waals surface area contributed by atoms with Gasteiger partial charge in [0.05, 0.1) is 11.0 Å². The maximum absolute atomic E-state index is 3.62. The highest BCUT2D eigenvalue weighted by molar-refractivity contribution is 6.10. The van der Waals surface area contributed by atoms with E-state index in [2.05, 4.69) is 149 Å². The van der Waals surface area contributed by atoms with Crippen LogP contribution < -0.4 is 5.32 Å². The highest BCUT2D eigenvalue weighted by Crippen LogP contribution is 2.35. The van der Waals surface area contributed by atoms with Crippen molar-refractivity contribution < 1.29 is 0 Å². The Balaban J connectivity index is 1.31. The summed E-state index contributed by atoms with van der Waals surface area (Å²) in [6, 6.07) is 49.7. The quantitative estimate of drug-likeness (QED) is 0.277. The van der Waals surface area contributed by atoms with E-state index < -0.39 is 0 Å². The Morgan fingerprint density at radius 3 is 1.92 bits per heavy atom. The number of hydrogen-bond acceptors (Lipinski definition) is 1. The topological polar surface area (TPSA) is 17.0 Å². The van der Waals surface area contributed by atoms with Gasteiger partial charge in [0.2, 0.25) is 0 Å². The van der Waals surface area contributed by atoms with E-state index in [9.17, 15) is 0 Å². The van der Waals surface area contributed by atoms with Crippen molar-refractivity contribution in [3.8, 4) is 16.8 Å². The van der Waals surface area contributed by atoms with Crippen molar-refractivity contribution in [1.29, 1.82) is 0 Å². The van der Waals surface area contributed by atoms with Gasteiger partial charge < -0.3 is 9.88 Å². The van der Waals surface area contributed by atoms with Crippen LogP contribution in [-0.2, 0) is 0 Å². The van der Waals surface area contributed by atoms with Crippen molar-refractivity contribution in [1.82, 2.24) is 4.57 Å². The predicted octanol–water partition coefficient (Wildman–Crippen LogP) is 9.35. The molecular weight excluding hydrogens is 436 g/mol. The molecule has 0 aliphatic heterocycles. The van der Waals surface area contributed by atoms with Gasteiger partial charge in [-0.2, -0.15) is 0 Å². The first kappa shape index (κ1) is 20.5. The Bertz CT molecular complexity index is 1840. The second-order valence-electron chi connectivity index (χ2n) is 9.18. The number of hydrogen-bond donors (Lipinski definition) is 1. The van der Waals surface area contributed by atoms with Crippen LogP contribution in [-0.4, -0.2) is 4.57 Å². The lowest BCUT2D eigenvalue weighted by Gasteiger charge is -2.11. The zero-order valence-electron chi connectivity index (χ0n) is 19.7. The third kappa shape index (κ3) is 3.52. The summed E-state index contributed by atoms with van der Waals surface area (Å²) in [5.41, 5.74) is 8.21. The summed E-state index contributed by atoms with van der Waals surface area (Å²) < 4.78 is 2.36. The summed E-state index contributed by atoms with van der Waals surface area (Å²) >= 11 is 0. The molecule has 0 unspecified atom stereocenters. The molecule has 0 aliphatic carbocycles. The monoisotopic (exact) mass is 460 g/mol. The Morgan fingerprint density at radius 2 is 1.06 bits per heavy atom. The number of fused-ring (bicyclic) bond motifs is 4. The van der Waals surface area contributed by atoms with Gasteiger partial charge >= 0.3 is 0 Å². The average Bonchev–Trinajstić information content (AvgIpc) is 3.27. The minimum atomic E-state index is 1.08. The molecule has 0 spiro atoms. The van der Waals surface area contributed by atoms with Crippen molar-refractivity contribution in [3.63, 3.8) is 0 Å². The van der Waals surface area contributed by atoms with Gasteiger partial charge in [0.15, 0.2) is 0 Å². The van der Waals surface area contributed by atoms with E-state index in [0.29, 0.717) is 0 Å². The van der Waals surface area contributed by atoms with Crippen molar-refractivity contribution in [3.05, 3.63) is 140 Å². The highest BCUT2D eigenvalue weighted by Gasteiger charge is 2.13. The fourth-order valence-electron chi connectivity index (χ4n) is 5.20. The maximum Gasteiger partial charge on any atom is 0.0542 e. The summed E-state index contributed by atoms with van der Waals surface area (Å²) in [5.74, 6) is 0. The highest BCUT2D eigenvalue weighted by atomic mass is 15.0. The molecule has 0 fully saturated rings. The molecule has 0 bridgehead atoms. The summed E-state index contributed by atoms with van der Waals surface area (Å²) in [6.45, 7) is 0. The molecule has 0 radical (unpaired) electrons. The molecule has 0 aliphatic rings. The molecule has 0 amide bonds. The molecule has 2 nitrogen and oxygen atoms in total. The van der Waals surface area contributed by atoms with Crippen LogP contribution in [0.15, 0.2) is 140 Å². The molecule has 1 N–H and O–H groups in total. The number of para-hydroxylation sites is 1. The zero-order valence-corrected chi connectivity index (χ0v) is 19.7. The largest absolute Gasteiger partial charge is 0.355 e. The average molecular weight is 461 g/mol. The molecule has 7 rings (SSSR count). The van der Waals surface area contributed by atoms with Crippen LogP contribution in [0.5, 0.6) is 0 Å². The molecule has 0 saturated carbocycles. The van der Waals surface area contributed by atoms with Crippen molar-refractivity contribution in [2.75, 3.05) is 5.32 Å². The van der Waals surface area contributed by atoms with Crippen LogP contribution in [0.3, 0.4) is 0 Å². The first-order valence-corrected chi connectivity index (χ1v) is 12.3. The van der Waals surface area contributed by atoms with E-state index in [0.717, 1.165) is 17.1 Å². The Morgan fingerprint density at radius 1 is 0.417 bits per heavy atom. The Hall–Kier alpha value is -4.82. The first-order chi connectivity index (χ1) is 17.8. The van der Waals surface area contributed by atoms with Crippen molar-refractivity contribution in [2.45, 2.75) is 0 Å². The summed E-state index contributed by atoms with van der Waals surface area (Å²) in [7, 11) is 0. The number of anilines is 2. The van der Waals surface area contributed by atoms with E-state index in [1.165, 1.54) is 43.7 Å². The van der Waals surface area contributed by atoms with Crippen molar-refractivity contribution >= 4 is 44.0 Å². The number of rotatable bonds is 4. The minimum absolute atomic E-state index is 1.08. The smallest absolute Gasteiger partial charge is 0.0542 e. The van der Waals surface area contributed by atoms with Gasteiger partial charge in [-0.15, -0.1) is 0 Å². The molecule has 7 aromatic rings. The lowest BCUT2D eigenvalue weighted by Crippen LogP contribution is -1.94. The molecule has 36 heavy (non-hydrogen) atoms. The van der Waals surface area contributed by atoms with Gasteiger partial charge in [0.25, 0.3) is 0 Å². The molecule has 0 atom stereocenters. The fourth-order valence-corrected chi connectivity index (χ4v) is 5.20. The summed E-state index contributed by atoms with van der Waals surface area (Å²) in [5, 5.41) is 8.59. The number of aromatic nitrogens is 1. The van der Waals surface area contributed by atoms with Gasteiger partial charge in [0, 0.05) is 27.8 Å². The third-order valence-corrected chi connectivity index (χ3v) is 6.94. The van der Waals surface area contributed by atoms with E-state index in [4.69, 9.17) is 0 Å². The van der Waals surface area contributed by atoms with Crippen LogP contribution in [0.25, 0.3) is 49.4 Å². The number of nitrogens with zero attached hydrogens (tertiary/aromatic N) is 1. The molecule has 1 aromatic heterocycles. The summed E-state index contributed by atoms with van der Waals surface area (Å²) in [4.78, 5) is 0. The van der Waals surface area contributed by atoms with E-state index in [-0.39, 0.29) is 0 Å². The van der Waals surface area contributed by atoms with Crippen LogP contribution in [0.1, 0.15) is 0 Å². The lowest BCUT2D eigenvalue weighted by atomic mass is 10.1. The standard InChI is InChI=1S/C34H24N2/c1-2-8-24(9-3-1)26-15-19-30(20-16-26)36-33-13-7-6-12-31(33)32-23-29(18-21-34(32)36)35-28-17-14-25-10-4-5-11-27(25)22-28/h1-23,35H. The van der Waals surface area contributed by atoms with Crippen LogP contribution in [0, 0.1) is 0 Å². The van der Waals surface area contributed by atoms with E-state index in [1.807, 2.05) is 0 Å². The van der Waals surface area contributed by atoms with E-state index >= 15 is 0 Å². The van der Waals surface area contributed by atoms with Crippen LogP contribution in [0.2, 0.25) is 0 Å². The van der Waals surface area contributed by atoms with Gasteiger partial charge in [-0.05, 0) is 70.4 Å². The number of benzene rings is 6. The van der Waals surface area contributed by atoms with E-state index in [1.54, 1.807) is 0 Å². The SMILES string of the molecule is c1ccc(-c2ccc(-n3c4ccccc4c4cc(Nc5ccc6ccccc6c5)ccc43)cc2)cc1. The predicted molar refractivity (Wildman–Crippen MR) is 153 cm³/mol. The summed E-state index contributed by atoms with van der Waals surface area (Å²) in [6.07, 6.45) is 0. The number of nitrogens with one attached hydrogen (secondary N) is 1. The second kappa shape index (κ2) is 8.44. The molecular formula is C34H24N2. The van der Waals surface area contributed by atoms with Gasteiger partial charge in [-0.3, -0.25) is 0 Å². The molecule has 1 heterocycles. The van der Waals surface area contributed by atoms with Gasteiger partial charge in [-0.25, -0.2) is 0 Å². The molecule has 6 aromatic carbocycles. The molecule has 170 valence electrons. The second-order valence-corrected chi connectivity index (χ2v) is 9.18. The van der Waals surface area contributed by atoms with Gasteiger partial charge in [0.1, 0.15) is 0 Å². The van der Waals surface area contributed by atoms with Crippen LogP contribution in [0.4, 0.5) is 11.4 Å². The van der Waals surface area contributed by atoms with Crippen molar-refractivity contribution in [2.24, 2.45) is 0 Å². The maximum atomic E-state index is 3.62. The third-order valence-electron chi connectivity index (χ3n) is 6.94. The molecule has 2 heteroatoms. The Labute approximate surface area is 210 Å². The Kier molecular flexibility index (Phi) is 4.82. The lowest BCUT2D eigenvalue weighted by molar-refractivity contribution is 1.18. The van der Waals surface area contributed by atoms with Gasteiger partial charge in [-0.1, -0.05) is 91.0 Å². The fraction of sp³-hybridized carbons (Fsp3) is 0. The van der Waals surface area contributed by atoms with Crippen LogP contribution >= 0.6 is 0 Å². The first-order valence-electron chi connectivity index (χ1n) is 12.3.